The molecule has 2 aromatic rings. The van der Waals surface area contributed by atoms with Gasteiger partial charge >= 0.3 is 0 Å². The van der Waals surface area contributed by atoms with Gasteiger partial charge in [-0.25, -0.2) is 0 Å². The van der Waals surface area contributed by atoms with Gasteiger partial charge in [0.2, 0.25) is 11.8 Å². The molecule has 1 atom stereocenters. The van der Waals surface area contributed by atoms with E-state index in [1.54, 1.807) is 24.2 Å². The standard InChI is InChI=1S/C18H20N4O4/c1-10-19-17(26-20-10)12-6-15(23)22(7-12)13-8-21(9-13)18(24)14-4-5-25-16(14)11-2-3-11/h4-5,11-13H,2-3,6-9H2,1H3. The maximum atomic E-state index is 12.7. The van der Waals surface area contributed by atoms with E-state index in [9.17, 15) is 9.59 Å². The van der Waals surface area contributed by atoms with Gasteiger partial charge in [-0.2, -0.15) is 4.98 Å². The molecule has 3 fully saturated rings. The molecule has 8 heteroatoms. The van der Waals surface area contributed by atoms with Crippen molar-refractivity contribution in [3.63, 3.8) is 0 Å². The van der Waals surface area contributed by atoms with Crippen molar-refractivity contribution in [3.05, 3.63) is 35.4 Å². The number of aryl methyl sites for hydroxylation is 1. The second-order valence-electron chi connectivity index (χ2n) is 7.46. The zero-order valence-corrected chi connectivity index (χ0v) is 14.6. The summed E-state index contributed by atoms with van der Waals surface area (Å²) >= 11 is 0. The van der Waals surface area contributed by atoms with Crippen LogP contribution in [0.5, 0.6) is 0 Å². The molecule has 8 nitrogen and oxygen atoms in total. The Morgan fingerprint density at radius 1 is 1.23 bits per heavy atom. The number of amides is 2. The van der Waals surface area contributed by atoms with Crippen molar-refractivity contribution in [2.75, 3.05) is 19.6 Å². The van der Waals surface area contributed by atoms with Crippen LogP contribution in [0.3, 0.4) is 0 Å². The maximum Gasteiger partial charge on any atom is 0.257 e. The normalized spacial score (nSPS) is 23.6. The Bertz CT molecular complexity index is 862. The number of hydrogen-bond donors (Lipinski definition) is 0. The lowest BCUT2D eigenvalue weighted by molar-refractivity contribution is -0.132. The molecule has 0 bridgehead atoms. The number of rotatable bonds is 4. The van der Waals surface area contributed by atoms with E-state index < -0.39 is 0 Å². The minimum atomic E-state index is -0.0520. The minimum absolute atomic E-state index is 0.00706. The molecule has 1 saturated carbocycles. The van der Waals surface area contributed by atoms with Crippen molar-refractivity contribution < 1.29 is 18.5 Å². The van der Waals surface area contributed by atoms with Crippen LogP contribution in [0.1, 0.15) is 58.9 Å². The molecule has 136 valence electrons. The summed E-state index contributed by atoms with van der Waals surface area (Å²) in [6.45, 7) is 3.47. The lowest BCUT2D eigenvalue weighted by atomic mass is 10.0. The third kappa shape index (κ3) is 2.51. The van der Waals surface area contributed by atoms with Crippen molar-refractivity contribution in [1.82, 2.24) is 19.9 Å². The molecule has 26 heavy (non-hydrogen) atoms. The highest BCUT2D eigenvalue weighted by molar-refractivity contribution is 5.96. The molecule has 1 aliphatic carbocycles. The van der Waals surface area contributed by atoms with Crippen LogP contribution < -0.4 is 0 Å². The van der Waals surface area contributed by atoms with E-state index in [0.717, 1.165) is 18.6 Å². The summed E-state index contributed by atoms with van der Waals surface area (Å²) in [6.07, 6.45) is 4.17. The van der Waals surface area contributed by atoms with Gasteiger partial charge in [-0.1, -0.05) is 5.16 Å². The molecule has 4 heterocycles. The molecule has 2 aliphatic heterocycles. The van der Waals surface area contributed by atoms with E-state index in [4.69, 9.17) is 8.94 Å². The predicted octanol–water partition coefficient (Wildman–Crippen LogP) is 1.69. The molecule has 0 aromatic carbocycles. The number of hydrogen-bond acceptors (Lipinski definition) is 6. The highest BCUT2D eigenvalue weighted by Gasteiger charge is 2.44. The Hall–Kier alpha value is -2.64. The Morgan fingerprint density at radius 2 is 2.04 bits per heavy atom. The van der Waals surface area contributed by atoms with Gasteiger partial charge < -0.3 is 18.7 Å². The molecule has 2 saturated heterocycles. The molecular formula is C18H20N4O4. The van der Waals surface area contributed by atoms with Crippen LogP contribution in [0.2, 0.25) is 0 Å². The monoisotopic (exact) mass is 356 g/mol. The number of aromatic nitrogens is 2. The molecule has 3 aliphatic rings. The van der Waals surface area contributed by atoms with E-state index >= 15 is 0 Å². The molecule has 5 rings (SSSR count). The van der Waals surface area contributed by atoms with Crippen molar-refractivity contribution in [2.45, 2.75) is 44.1 Å². The van der Waals surface area contributed by atoms with E-state index in [-0.39, 0.29) is 23.8 Å². The number of nitrogens with zero attached hydrogens (tertiary/aromatic N) is 4. The fraction of sp³-hybridized carbons (Fsp3) is 0.556. The number of likely N-dealkylation sites (tertiary alicyclic amines) is 2. The first-order valence-electron chi connectivity index (χ1n) is 9.06. The Labute approximate surface area is 150 Å². The highest BCUT2D eigenvalue weighted by atomic mass is 16.5. The maximum absolute atomic E-state index is 12.7. The first-order chi connectivity index (χ1) is 12.6. The van der Waals surface area contributed by atoms with E-state index in [2.05, 4.69) is 10.1 Å². The number of carbonyl (C=O) groups excluding carboxylic acids is 2. The Morgan fingerprint density at radius 3 is 2.73 bits per heavy atom. The molecule has 0 radical (unpaired) electrons. The summed E-state index contributed by atoms with van der Waals surface area (Å²) in [5, 5.41) is 3.80. The van der Waals surface area contributed by atoms with Gasteiger partial charge in [-0.05, 0) is 25.8 Å². The van der Waals surface area contributed by atoms with Crippen molar-refractivity contribution in [1.29, 1.82) is 0 Å². The van der Waals surface area contributed by atoms with Crippen LogP contribution in [0, 0.1) is 6.92 Å². The smallest absolute Gasteiger partial charge is 0.257 e. The second kappa shape index (κ2) is 5.69. The summed E-state index contributed by atoms with van der Waals surface area (Å²) in [5.74, 6) is 2.37. The van der Waals surface area contributed by atoms with E-state index in [1.807, 2.05) is 4.90 Å². The van der Waals surface area contributed by atoms with Gasteiger partial charge in [0.15, 0.2) is 5.82 Å². The van der Waals surface area contributed by atoms with Crippen LogP contribution >= 0.6 is 0 Å². The Kier molecular flexibility index (Phi) is 3.41. The molecule has 0 spiro atoms. The Balaban J connectivity index is 1.22. The summed E-state index contributed by atoms with van der Waals surface area (Å²) in [6, 6.07) is 1.83. The topological polar surface area (TPSA) is 92.7 Å². The lowest BCUT2D eigenvalue weighted by Crippen LogP contribution is -2.61. The lowest BCUT2D eigenvalue weighted by Gasteiger charge is -2.44. The molecular weight excluding hydrogens is 336 g/mol. The van der Waals surface area contributed by atoms with Crippen molar-refractivity contribution >= 4 is 11.8 Å². The van der Waals surface area contributed by atoms with Crippen molar-refractivity contribution in [3.8, 4) is 0 Å². The predicted molar refractivity (Wildman–Crippen MR) is 88.5 cm³/mol. The molecule has 0 N–H and O–H groups in total. The summed E-state index contributed by atoms with van der Waals surface area (Å²) in [4.78, 5) is 33.0. The van der Waals surface area contributed by atoms with Crippen LogP contribution in [-0.4, -0.2) is 57.4 Å². The quantitative estimate of drug-likeness (QED) is 0.828. The fourth-order valence-corrected chi connectivity index (χ4v) is 3.88. The van der Waals surface area contributed by atoms with Gasteiger partial charge in [-0.3, -0.25) is 9.59 Å². The van der Waals surface area contributed by atoms with Gasteiger partial charge in [0, 0.05) is 32.0 Å². The summed E-state index contributed by atoms with van der Waals surface area (Å²) in [5.41, 5.74) is 0.679. The van der Waals surface area contributed by atoms with Gasteiger partial charge in [0.1, 0.15) is 5.76 Å². The molecule has 2 aromatic heterocycles. The summed E-state index contributed by atoms with van der Waals surface area (Å²) in [7, 11) is 0. The second-order valence-corrected chi connectivity index (χ2v) is 7.46. The van der Waals surface area contributed by atoms with Gasteiger partial charge in [0.25, 0.3) is 5.91 Å². The van der Waals surface area contributed by atoms with Crippen LogP contribution in [0.25, 0.3) is 0 Å². The van der Waals surface area contributed by atoms with E-state index in [0.29, 0.717) is 49.3 Å². The summed E-state index contributed by atoms with van der Waals surface area (Å²) < 4.78 is 10.7. The first kappa shape index (κ1) is 15.6. The first-order valence-corrected chi connectivity index (χ1v) is 9.06. The molecule has 2 amide bonds. The fourth-order valence-electron chi connectivity index (χ4n) is 3.88. The van der Waals surface area contributed by atoms with E-state index in [1.165, 1.54) is 0 Å². The van der Waals surface area contributed by atoms with Gasteiger partial charge in [-0.15, -0.1) is 0 Å². The third-order valence-electron chi connectivity index (χ3n) is 5.51. The average Bonchev–Trinajstić information content (AvgIpc) is 2.98. The highest BCUT2D eigenvalue weighted by Crippen LogP contribution is 2.42. The van der Waals surface area contributed by atoms with Crippen LogP contribution in [0.15, 0.2) is 21.3 Å². The number of furan rings is 1. The largest absolute Gasteiger partial charge is 0.468 e. The zero-order valence-electron chi connectivity index (χ0n) is 14.6. The minimum Gasteiger partial charge on any atom is -0.468 e. The van der Waals surface area contributed by atoms with Crippen LogP contribution in [-0.2, 0) is 4.79 Å². The average molecular weight is 356 g/mol. The number of carbonyl (C=O) groups is 2. The SMILES string of the molecule is Cc1noc(C2CC(=O)N(C3CN(C(=O)c4ccoc4C4CC4)C3)C2)n1. The molecule has 1 unspecified atom stereocenters. The zero-order chi connectivity index (χ0) is 17.8. The van der Waals surface area contributed by atoms with Crippen LogP contribution in [0.4, 0.5) is 0 Å². The van der Waals surface area contributed by atoms with Crippen molar-refractivity contribution in [2.24, 2.45) is 0 Å². The van der Waals surface area contributed by atoms with Gasteiger partial charge in [0.05, 0.1) is 23.8 Å². The third-order valence-corrected chi connectivity index (χ3v) is 5.51.